The monoisotopic (exact) mass is 275 g/mol. The number of nitrogens with zero attached hydrogens (tertiary/aromatic N) is 2. The minimum absolute atomic E-state index is 0.703. The third-order valence-electron chi connectivity index (χ3n) is 3.73. The topological polar surface area (TPSA) is 29.9 Å². The summed E-state index contributed by atoms with van der Waals surface area (Å²) in [4.78, 5) is 4.32. The molecule has 1 fully saturated rings. The molecule has 4 heteroatoms. The highest BCUT2D eigenvalue weighted by Crippen LogP contribution is 2.24. The fourth-order valence-corrected chi connectivity index (χ4v) is 2.37. The quantitative estimate of drug-likeness (QED) is 0.927. The van der Waals surface area contributed by atoms with Gasteiger partial charge in [0, 0.05) is 29.0 Å². The average molecular weight is 276 g/mol. The van der Waals surface area contributed by atoms with E-state index in [-0.39, 0.29) is 0 Å². The Bertz CT molecular complexity index is 599. The number of nitrogens with one attached hydrogen (secondary N) is 1. The van der Waals surface area contributed by atoms with E-state index in [1.54, 1.807) is 0 Å². The first-order valence-corrected chi connectivity index (χ1v) is 7.05. The van der Waals surface area contributed by atoms with Gasteiger partial charge in [0.1, 0.15) is 0 Å². The molecule has 2 aromatic rings. The van der Waals surface area contributed by atoms with Gasteiger partial charge in [-0.05, 0) is 44.4 Å². The number of hydrogen-bond acceptors (Lipinski definition) is 2. The molecule has 0 unspecified atom stereocenters. The molecule has 100 valence electrons. The summed E-state index contributed by atoms with van der Waals surface area (Å²) in [7, 11) is 0. The molecule has 0 radical (unpaired) electrons. The smallest absolute Gasteiger partial charge is 0.0997 e. The third kappa shape index (κ3) is 2.67. The highest BCUT2D eigenvalue weighted by atomic mass is 35.5. The van der Waals surface area contributed by atoms with Crippen molar-refractivity contribution in [3.63, 3.8) is 0 Å². The van der Waals surface area contributed by atoms with Crippen molar-refractivity contribution in [2.75, 3.05) is 0 Å². The van der Waals surface area contributed by atoms with E-state index in [9.17, 15) is 0 Å². The van der Waals surface area contributed by atoms with Crippen molar-refractivity contribution >= 4 is 11.6 Å². The number of aromatic nitrogens is 2. The molecule has 1 heterocycles. The molecule has 3 rings (SSSR count). The summed E-state index contributed by atoms with van der Waals surface area (Å²) >= 11 is 6.37. The SMILES string of the molecule is Cc1ncn(-c2ccc(CNC3CC3)c(Cl)c2)c1C. The van der Waals surface area contributed by atoms with Gasteiger partial charge in [-0.15, -0.1) is 0 Å². The van der Waals surface area contributed by atoms with E-state index in [0.29, 0.717) is 6.04 Å². The van der Waals surface area contributed by atoms with Crippen molar-refractivity contribution in [2.45, 2.75) is 39.3 Å². The summed E-state index contributed by atoms with van der Waals surface area (Å²) in [5, 5.41) is 4.30. The summed E-state index contributed by atoms with van der Waals surface area (Å²) in [6.07, 6.45) is 4.44. The average Bonchev–Trinajstić information content (AvgIpc) is 3.16. The predicted molar refractivity (Wildman–Crippen MR) is 77.9 cm³/mol. The van der Waals surface area contributed by atoms with Crippen LogP contribution in [0.25, 0.3) is 5.69 Å². The fourth-order valence-electron chi connectivity index (χ4n) is 2.13. The molecule has 19 heavy (non-hydrogen) atoms. The van der Waals surface area contributed by atoms with Gasteiger partial charge in [-0.25, -0.2) is 4.98 Å². The van der Waals surface area contributed by atoms with E-state index >= 15 is 0 Å². The van der Waals surface area contributed by atoms with Crippen LogP contribution < -0.4 is 5.32 Å². The van der Waals surface area contributed by atoms with Crippen LogP contribution >= 0.6 is 11.6 Å². The number of aryl methyl sites for hydroxylation is 1. The van der Waals surface area contributed by atoms with E-state index in [2.05, 4.69) is 33.9 Å². The van der Waals surface area contributed by atoms with E-state index < -0.39 is 0 Å². The molecule has 0 amide bonds. The Hall–Kier alpha value is -1.32. The number of imidazole rings is 1. The zero-order chi connectivity index (χ0) is 13.4. The first-order chi connectivity index (χ1) is 9.15. The van der Waals surface area contributed by atoms with Crippen molar-refractivity contribution in [3.05, 3.63) is 46.5 Å². The summed E-state index contributed by atoms with van der Waals surface area (Å²) in [5.41, 5.74) is 4.43. The second kappa shape index (κ2) is 4.99. The Morgan fingerprint density at radius 2 is 2.16 bits per heavy atom. The van der Waals surface area contributed by atoms with Gasteiger partial charge in [-0.2, -0.15) is 0 Å². The second-order valence-corrected chi connectivity index (χ2v) is 5.62. The van der Waals surface area contributed by atoms with Crippen molar-refractivity contribution in [1.82, 2.24) is 14.9 Å². The second-order valence-electron chi connectivity index (χ2n) is 5.22. The number of halogens is 1. The highest BCUT2D eigenvalue weighted by Gasteiger charge is 2.20. The predicted octanol–water partition coefficient (Wildman–Crippen LogP) is 3.39. The maximum Gasteiger partial charge on any atom is 0.0997 e. The molecule has 1 N–H and O–H groups in total. The molecule has 1 aromatic heterocycles. The van der Waals surface area contributed by atoms with Crippen molar-refractivity contribution < 1.29 is 0 Å². The van der Waals surface area contributed by atoms with Crippen molar-refractivity contribution in [3.8, 4) is 5.69 Å². The summed E-state index contributed by atoms with van der Waals surface area (Å²) < 4.78 is 2.07. The molecular formula is C15H18ClN3. The zero-order valence-electron chi connectivity index (χ0n) is 11.3. The largest absolute Gasteiger partial charge is 0.310 e. The maximum absolute atomic E-state index is 6.37. The van der Waals surface area contributed by atoms with Crippen molar-refractivity contribution in [1.29, 1.82) is 0 Å². The number of rotatable bonds is 4. The molecule has 0 aliphatic heterocycles. The van der Waals surface area contributed by atoms with E-state index in [4.69, 9.17) is 11.6 Å². The molecule has 1 aliphatic carbocycles. The van der Waals surface area contributed by atoms with Gasteiger partial charge < -0.3 is 9.88 Å². The fraction of sp³-hybridized carbons (Fsp3) is 0.400. The molecule has 0 bridgehead atoms. The lowest BCUT2D eigenvalue weighted by Crippen LogP contribution is -2.15. The van der Waals surface area contributed by atoms with Gasteiger partial charge in [-0.1, -0.05) is 17.7 Å². The van der Waals surface area contributed by atoms with Crippen LogP contribution in [0.3, 0.4) is 0 Å². The van der Waals surface area contributed by atoms with Crippen LogP contribution in [0.15, 0.2) is 24.5 Å². The van der Waals surface area contributed by atoms with Gasteiger partial charge in [0.2, 0.25) is 0 Å². The Labute approximate surface area is 118 Å². The van der Waals surface area contributed by atoms with E-state index in [1.807, 2.05) is 19.3 Å². The lowest BCUT2D eigenvalue weighted by atomic mass is 10.2. The van der Waals surface area contributed by atoms with Gasteiger partial charge in [0.25, 0.3) is 0 Å². The molecule has 1 aromatic carbocycles. The van der Waals surface area contributed by atoms with Gasteiger partial charge >= 0.3 is 0 Å². The number of hydrogen-bond donors (Lipinski definition) is 1. The van der Waals surface area contributed by atoms with Crippen LogP contribution in [0.5, 0.6) is 0 Å². The third-order valence-corrected chi connectivity index (χ3v) is 4.08. The Morgan fingerprint density at radius 3 is 2.74 bits per heavy atom. The van der Waals surface area contributed by atoms with Crippen LogP contribution in [0.4, 0.5) is 0 Å². The molecule has 0 saturated heterocycles. The number of benzene rings is 1. The minimum Gasteiger partial charge on any atom is -0.310 e. The Morgan fingerprint density at radius 1 is 1.37 bits per heavy atom. The Balaban J connectivity index is 1.83. The van der Waals surface area contributed by atoms with Crippen LogP contribution in [0, 0.1) is 13.8 Å². The lowest BCUT2D eigenvalue weighted by Gasteiger charge is -2.10. The van der Waals surface area contributed by atoms with Crippen LogP contribution in [-0.2, 0) is 6.54 Å². The van der Waals surface area contributed by atoms with Crippen LogP contribution in [-0.4, -0.2) is 15.6 Å². The molecule has 1 aliphatic rings. The first-order valence-electron chi connectivity index (χ1n) is 6.68. The zero-order valence-corrected chi connectivity index (χ0v) is 12.0. The van der Waals surface area contributed by atoms with Crippen LogP contribution in [0.2, 0.25) is 5.02 Å². The Kier molecular flexibility index (Phi) is 3.33. The standard InChI is InChI=1S/C15H18ClN3/c1-10-11(2)19(9-18-10)14-6-3-12(15(16)7-14)8-17-13-4-5-13/h3,6-7,9,13,17H,4-5,8H2,1-2H3. The molecule has 3 nitrogen and oxygen atoms in total. The van der Waals surface area contributed by atoms with E-state index in [1.165, 1.54) is 12.8 Å². The molecule has 1 saturated carbocycles. The first kappa shape index (κ1) is 12.7. The summed E-state index contributed by atoms with van der Waals surface area (Å²) in [6.45, 7) is 4.94. The minimum atomic E-state index is 0.703. The summed E-state index contributed by atoms with van der Waals surface area (Å²) in [5.74, 6) is 0. The molecular weight excluding hydrogens is 258 g/mol. The lowest BCUT2D eigenvalue weighted by molar-refractivity contribution is 0.688. The van der Waals surface area contributed by atoms with Gasteiger partial charge in [0.05, 0.1) is 12.0 Å². The molecule has 0 atom stereocenters. The normalized spacial score (nSPS) is 14.9. The van der Waals surface area contributed by atoms with E-state index in [0.717, 1.165) is 34.2 Å². The summed E-state index contributed by atoms with van der Waals surface area (Å²) in [6, 6.07) is 6.92. The highest BCUT2D eigenvalue weighted by molar-refractivity contribution is 6.31. The maximum atomic E-state index is 6.37. The molecule has 0 spiro atoms. The van der Waals surface area contributed by atoms with Crippen molar-refractivity contribution in [2.24, 2.45) is 0 Å². The van der Waals surface area contributed by atoms with Crippen LogP contribution in [0.1, 0.15) is 29.8 Å². The van der Waals surface area contributed by atoms with Gasteiger partial charge in [-0.3, -0.25) is 0 Å². The van der Waals surface area contributed by atoms with Gasteiger partial charge in [0.15, 0.2) is 0 Å².